The molecule has 0 saturated carbocycles. The van der Waals surface area contributed by atoms with Crippen molar-refractivity contribution in [3.63, 3.8) is 0 Å². The van der Waals surface area contributed by atoms with E-state index >= 15 is 0 Å². The van der Waals surface area contributed by atoms with Crippen LogP contribution in [0, 0.1) is 27.7 Å². The van der Waals surface area contributed by atoms with E-state index in [0.29, 0.717) is 0 Å². The molecule has 24 heavy (non-hydrogen) atoms. The number of nitrogens with zero attached hydrogens (tertiary/aromatic N) is 6. The second kappa shape index (κ2) is 6.53. The molecule has 0 amide bonds. The maximum absolute atomic E-state index is 4.24. The average Bonchev–Trinajstić information content (AvgIpc) is 3.07. The molecule has 0 radical (unpaired) electrons. The Morgan fingerprint density at radius 3 is 1.29 bits per heavy atom. The maximum Gasteiger partial charge on any atom is 0.129 e. The first-order valence-corrected chi connectivity index (χ1v) is 7.51. The molecule has 3 rings (SSSR count). The Labute approximate surface area is 139 Å². The van der Waals surface area contributed by atoms with E-state index in [2.05, 4.69) is 40.9 Å². The minimum Gasteiger partial charge on any atom is -0.280 e. The highest BCUT2D eigenvalue weighted by Crippen LogP contribution is 2.27. The first-order chi connectivity index (χ1) is 11.5. The van der Waals surface area contributed by atoms with Gasteiger partial charge in [0, 0.05) is 0 Å². The van der Waals surface area contributed by atoms with E-state index in [-0.39, 0.29) is 0 Å². The number of aromatic nitrogens is 4. The van der Waals surface area contributed by atoms with Crippen LogP contribution in [0.4, 0.5) is 22.7 Å². The average molecular weight is 322 g/mol. The molecule has 0 bridgehead atoms. The van der Waals surface area contributed by atoms with E-state index in [1.54, 1.807) is 0 Å². The number of aryl methyl sites for hydroxylation is 4. The van der Waals surface area contributed by atoms with Crippen LogP contribution in [0.3, 0.4) is 0 Å². The van der Waals surface area contributed by atoms with Crippen molar-refractivity contribution in [2.45, 2.75) is 27.7 Å². The Balaban J connectivity index is 1.74. The van der Waals surface area contributed by atoms with Crippen molar-refractivity contribution in [2.24, 2.45) is 20.5 Å². The summed E-state index contributed by atoms with van der Waals surface area (Å²) in [5, 5.41) is 30.9. The summed E-state index contributed by atoms with van der Waals surface area (Å²) >= 11 is 0. The molecule has 0 unspecified atom stereocenters. The Hall–Kier alpha value is -3.16. The van der Waals surface area contributed by atoms with Gasteiger partial charge in [0.2, 0.25) is 0 Å². The van der Waals surface area contributed by atoms with Gasteiger partial charge in [-0.3, -0.25) is 10.2 Å². The number of nitrogens with one attached hydrogen (secondary N) is 2. The Kier molecular flexibility index (Phi) is 4.28. The molecule has 2 heterocycles. The maximum atomic E-state index is 4.24. The van der Waals surface area contributed by atoms with E-state index in [0.717, 1.165) is 45.5 Å². The monoisotopic (exact) mass is 322 g/mol. The largest absolute Gasteiger partial charge is 0.280 e. The lowest BCUT2D eigenvalue weighted by Crippen LogP contribution is -1.70. The number of hydrogen-bond donors (Lipinski definition) is 2. The molecule has 0 aliphatic rings. The van der Waals surface area contributed by atoms with Gasteiger partial charge >= 0.3 is 0 Å². The van der Waals surface area contributed by atoms with Crippen LogP contribution in [0.5, 0.6) is 0 Å². The predicted molar refractivity (Wildman–Crippen MR) is 90.9 cm³/mol. The van der Waals surface area contributed by atoms with Crippen LogP contribution in [0.2, 0.25) is 0 Å². The van der Waals surface area contributed by atoms with Crippen LogP contribution >= 0.6 is 0 Å². The molecular formula is C16H18N8. The standard InChI is InChI=1S/C16H18N8/c1-9-15(10(2)18-17-9)23-21-13-5-7-14(8-6-13)22-24-16-11(3)19-20-12(16)4/h5-8H,1-4H3,(H,17,18)(H,19,20). The molecule has 8 heteroatoms. The summed E-state index contributed by atoms with van der Waals surface area (Å²) in [6.07, 6.45) is 0. The zero-order valence-corrected chi connectivity index (χ0v) is 14.0. The van der Waals surface area contributed by atoms with Gasteiger partial charge in [0.05, 0.1) is 34.2 Å². The number of benzene rings is 1. The van der Waals surface area contributed by atoms with Gasteiger partial charge in [0.25, 0.3) is 0 Å². The van der Waals surface area contributed by atoms with Crippen molar-refractivity contribution < 1.29 is 0 Å². The highest BCUT2D eigenvalue weighted by Gasteiger charge is 2.05. The van der Waals surface area contributed by atoms with E-state index in [1.165, 1.54) is 0 Å². The molecule has 0 aliphatic heterocycles. The van der Waals surface area contributed by atoms with Crippen molar-refractivity contribution >= 4 is 22.7 Å². The minimum atomic E-state index is 0.740. The van der Waals surface area contributed by atoms with E-state index in [9.17, 15) is 0 Å². The number of rotatable bonds is 4. The molecule has 0 atom stereocenters. The number of H-pyrrole nitrogens is 2. The first-order valence-electron chi connectivity index (χ1n) is 7.51. The summed E-state index contributed by atoms with van der Waals surface area (Å²) in [7, 11) is 0. The molecule has 2 aromatic heterocycles. The summed E-state index contributed by atoms with van der Waals surface area (Å²) in [6, 6.07) is 7.38. The lowest BCUT2D eigenvalue weighted by atomic mass is 10.3. The van der Waals surface area contributed by atoms with Crippen LogP contribution in [0.25, 0.3) is 0 Å². The Morgan fingerprint density at radius 1 is 0.625 bits per heavy atom. The predicted octanol–water partition coefficient (Wildman–Crippen LogP) is 5.20. The molecule has 122 valence electrons. The second-order valence-corrected chi connectivity index (χ2v) is 5.48. The fraction of sp³-hybridized carbons (Fsp3) is 0.250. The highest BCUT2D eigenvalue weighted by molar-refractivity contribution is 5.50. The summed E-state index contributed by atoms with van der Waals surface area (Å²) < 4.78 is 0. The molecule has 3 aromatic rings. The van der Waals surface area contributed by atoms with Gasteiger partial charge < -0.3 is 0 Å². The zero-order valence-electron chi connectivity index (χ0n) is 14.0. The van der Waals surface area contributed by atoms with Gasteiger partial charge in [0.15, 0.2) is 0 Å². The summed E-state index contributed by atoms with van der Waals surface area (Å²) in [5.74, 6) is 0. The summed E-state index contributed by atoms with van der Waals surface area (Å²) in [5.41, 5.74) is 6.46. The topological polar surface area (TPSA) is 107 Å². The normalized spacial score (nSPS) is 11.8. The van der Waals surface area contributed by atoms with Gasteiger partial charge in [-0.25, -0.2) is 0 Å². The number of hydrogen-bond acceptors (Lipinski definition) is 6. The molecule has 0 fully saturated rings. The third kappa shape index (κ3) is 3.27. The lowest BCUT2D eigenvalue weighted by Gasteiger charge is -1.95. The molecule has 0 saturated heterocycles. The second-order valence-electron chi connectivity index (χ2n) is 5.48. The van der Waals surface area contributed by atoms with Gasteiger partial charge in [-0.05, 0) is 52.0 Å². The third-order valence-corrected chi connectivity index (χ3v) is 3.56. The SMILES string of the molecule is Cc1n[nH]c(C)c1N=Nc1ccc(N=Nc2c(C)n[nH]c2C)cc1. The quantitative estimate of drug-likeness (QED) is 0.644. The van der Waals surface area contributed by atoms with Crippen molar-refractivity contribution in [3.8, 4) is 0 Å². The molecule has 2 N–H and O–H groups in total. The van der Waals surface area contributed by atoms with Crippen LogP contribution in [-0.2, 0) is 0 Å². The fourth-order valence-corrected chi connectivity index (χ4v) is 2.19. The molecule has 0 spiro atoms. The third-order valence-electron chi connectivity index (χ3n) is 3.56. The fourth-order valence-electron chi connectivity index (χ4n) is 2.19. The van der Waals surface area contributed by atoms with Gasteiger partial charge in [-0.1, -0.05) is 0 Å². The summed E-state index contributed by atoms with van der Waals surface area (Å²) in [4.78, 5) is 0. The molecule has 0 aliphatic carbocycles. The molecule has 8 nitrogen and oxygen atoms in total. The van der Waals surface area contributed by atoms with Crippen molar-refractivity contribution in [1.29, 1.82) is 0 Å². The van der Waals surface area contributed by atoms with Crippen molar-refractivity contribution in [3.05, 3.63) is 47.0 Å². The van der Waals surface area contributed by atoms with E-state index in [1.807, 2.05) is 52.0 Å². The molecular weight excluding hydrogens is 304 g/mol. The number of aromatic amines is 2. The lowest BCUT2D eigenvalue weighted by molar-refractivity contribution is 1.02. The Bertz CT molecular complexity index is 785. The van der Waals surface area contributed by atoms with Crippen molar-refractivity contribution in [2.75, 3.05) is 0 Å². The minimum absolute atomic E-state index is 0.740. The first kappa shape index (κ1) is 15.7. The Morgan fingerprint density at radius 2 is 1.00 bits per heavy atom. The van der Waals surface area contributed by atoms with Gasteiger partial charge in [-0.15, -0.1) is 10.2 Å². The van der Waals surface area contributed by atoms with E-state index < -0.39 is 0 Å². The van der Waals surface area contributed by atoms with Crippen LogP contribution in [0.1, 0.15) is 22.8 Å². The smallest absolute Gasteiger partial charge is 0.129 e. The van der Waals surface area contributed by atoms with Crippen molar-refractivity contribution in [1.82, 2.24) is 20.4 Å². The molecule has 1 aromatic carbocycles. The van der Waals surface area contributed by atoms with Crippen LogP contribution in [-0.4, -0.2) is 20.4 Å². The van der Waals surface area contributed by atoms with E-state index in [4.69, 9.17) is 0 Å². The summed E-state index contributed by atoms with van der Waals surface area (Å²) in [6.45, 7) is 7.61. The van der Waals surface area contributed by atoms with Gasteiger partial charge in [0.1, 0.15) is 11.4 Å². The number of azo groups is 2. The zero-order chi connectivity index (χ0) is 17.1. The van der Waals surface area contributed by atoms with Crippen LogP contribution in [0.15, 0.2) is 44.7 Å². The van der Waals surface area contributed by atoms with Gasteiger partial charge in [-0.2, -0.15) is 20.4 Å². The van der Waals surface area contributed by atoms with Crippen LogP contribution < -0.4 is 0 Å². The highest BCUT2D eigenvalue weighted by atomic mass is 15.2.